The van der Waals surface area contributed by atoms with Gasteiger partial charge in [0.2, 0.25) is 0 Å². The van der Waals surface area contributed by atoms with Crippen molar-refractivity contribution in [3.05, 3.63) is 19.2 Å². The first-order chi connectivity index (χ1) is 6.99. The molecule has 0 bridgehead atoms. The number of rotatable bonds is 5. The van der Waals surface area contributed by atoms with Crippen LogP contribution in [0.3, 0.4) is 0 Å². The van der Waals surface area contributed by atoms with E-state index < -0.39 is 0 Å². The molecule has 1 rings (SSSR count). The zero-order valence-electron chi connectivity index (χ0n) is 9.18. The van der Waals surface area contributed by atoms with Gasteiger partial charge in [0.25, 0.3) is 0 Å². The Morgan fingerprint density at radius 2 is 2.13 bits per heavy atom. The van der Waals surface area contributed by atoms with Gasteiger partial charge in [-0.25, -0.2) is 0 Å². The van der Waals surface area contributed by atoms with Gasteiger partial charge in [0.15, 0.2) is 0 Å². The van der Waals surface area contributed by atoms with Crippen molar-refractivity contribution >= 4 is 43.2 Å². The van der Waals surface area contributed by atoms with Crippen molar-refractivity contribution in [2.75, 3.05) is 20.6 Å². The molecular formula is C10H16Br2N2S. The number of nitrogens with zero attached hydrogens (tertiary/aromatic N) is 1. The van der Waals surface area contributed by atoms with Crippen LogP contribution in [0.1, 0.15) is 12.5 Å². The van der Waals surface area contributed by atoms with Gasteiger partial charge < -0.3 is 10.2 Å². The SMILES string of the molecule is CC(CN(C)C)NCc1cc(Br)sc1Br. The van der Waals surface area contributed by atoms with Crippen molar-refractivity contribution in [1.82, 2.24) is 10.2 Å². The van der Waals surface area contributed by atoms with E-state index in [0.717, 1.165) is 13.1 Å². The standard InChI is InChI=1S/C10H16Br2N2S/c1-7(6-14(2)3)13-5-8-4-9(11)15-10(8)12/h4,7,13H,5-6H2,1-3H3. The number of hydrogen-bond donors (Lipinski definition) is 1. The molecule has 5 heteroatoms. The summed E-state index contributed by atoms with van der Waals surface area (Å²) in [6.07, 6.45) is 0. The van der Waals surface area contributed by atoms with Gasteiger partial charge in [-0.3, -0.25) is 0 Å². The molecule has 0 aliphatic carbocycles. The maximum atomic E-state index is 3.56. The first-order valence-corrected chi connectivity index (χ1v) is 7.21. The minimum Gasteiger partial charge on any atom is -0.309 e. The van der Waals surface area contributed by atoms with E-state index in [4.69, 9.17) is 0 Å². The summed E-state index contributed by atoms with van der Waals surface area (Å²) in [5.41, 5.74) is 1.32. The molecule has 0 aliphatic heterocycles. The summed E-state index contributed by atoms with van der Waals surface area (Å²) in [6.45, 7) is 4.18. The molecule has 0 radical (unpaired) electrons. The van der Waals surface area contributed by atoms with Crippen LogP contribution < -0.4 is 5.32 Å². The average molecular weight is 356 g/mol. The van der Waals surface area contributed by atoms with Crippen LogP contribution in [-0.4, -0.2) is 31.6 Å². The van der Waals surface area contributed by atoms with E-state index in [1.165, 1.54) is 13.1 Å². The van der Waals surface area contributed by atoms with E-state index in [2.05, 4.69) is 69.2 Å². The van der Waals surface area contributed by atoms with Crippen LogP contribution in [0.2, 0.25) is 0 Å². The molecule has 1 heterocycles. The quantitative estimate of drug-likeness (QED) is 0.871. The molecule has 0 aliphatic rings. The molecule has 1 aromatic rings. The maximum absolute atomic E-state index is 3.56. The van der Waals surface area contributed by atoms with Crippen LogP contribution in [0.5, 0.6) is 0 Å². The Morgan fingerprint density at radius 3 is 2.60 bits per heavy atom. The molecule has 1 unspecified atom stereocenters. The Morgan fingerprint density at radius 1 is 1.47 bits per heavy atom. The third-order valence-electron chi connectivity index (χ3n) is 2.01. The van der Waals surface area contributed by atoms with Crippen molar-refractivity contribution in [2.45, 2.75) is 19.5 Å². The lowest BCUT2D eigenvalue weighted by atomic mass is 10.3. The molecular weight excluding hydrogens is 340 g/mol. The Bertz CT molecular complexity index is 312. The maximum Gasteiger partial charge on any atom is 0.0755 e. The summed E-state index contributed by atoms with van der Waals surface area (Å²) in [5.74, 6) is 0. The Balaban J connectivity index is 2.40. The Hall–Kier alpha value is 0.580. The molecule has 0 amide bonds. The molecule has 0 aromatic carbocycles. The molecule has 0 saturated carbocycles. The van der Waals surface area contributed by atoms with Gasteiger partial charge in [0, 0.05) is 19.1 Å². The van der Waals surface area contributed by atoms with Gasteiger partial charge in [-0.15, -0.1) is 11.3 Å². The van der Waals surface area contributed by atoms with Crippen molar-refractivity contribution in [3.8, 4) is 0 Å². The fourth-order valence-electron chi connectivity index (χ4n) is 1.39. The number of hydrogen-bond acceptors (Lipinski definition) is 3. The summed E-state index contributed by atoms with van der Waals surface area (Å²) >= 11 is 8.76. The highest BCUT2D eigenvalue weighted by atomic mass is 79.9. The van der Waals surface area contributed by atoms with E-state index in [0.29, 0.717) is 6.04 Å². The predicted octanol–water partition coefficient (Wildman–Crippen LogP) is 3.31. The van der Waals surface area contributed by atoms with Crippen LogP contribution in [0.25, 0.3) is 0 Å². The summed E-state index contributed by atoms with van der Waals surface area (Å²) in [5, 5.41) is 3.50. The highest BCUT2D eigenvalue weighted by Gasteiger charge is 2.07. The summed E-state index contributed by atoms with van der Waals surface area (Å²) in [4.78, 5) is 2.19. The van der Waals surface area contributed by atoms with Gasteiger partial charge >= 0.3 is 0 Å². The van der Waals surface area contributed by atoms with Gasteiger partial charge in [0.05, 0.1) is 7.57 Å². The Labute approximate surface area is 112 Å². The minimum atomic E-state index is 0.505. The minimum absolute atomic E-state index is 0.505. The van der Waals surface area contributed by atoms with Crippen molar-refractivity contribution in [1.29, 1.82) is 0 Å². The zero-order chi connectivity index (χ0) is 11.4. The van der Waals surface area contributed by atoms with Gasteiger partial charge in [0.1, 0.15) is 0 Å². The number of nitrogens with one attached hydrogen (secondary N) is 1. The van der Waals surface area contributed by atoms with Crippen LogP contribution in [-0.2, 0) is 6.54 Å². The third-order valence-corrected chi connectivity index (χ3v) is 4.47. The van der Waals surface area contributed by atoms with E-state index >= 15 is 0 Å². The lowest BCUT2D eigenvalue weighted by Crippen LogP contribution is -2.35. The summed E-state index contributed by atoms with van der Waals surface area (Å²) < 4.78 is 2.38. The second-order valence-electron chi connectivity index (χ2n) is 3.89. The van der Waals surface area contributed by atoms with E-state index in [1.54, 1.807) is 11.3 Å². The molecule has 0 saturated heterocycles. The number of likely N-dealkylation sites (N-methyl/N-ethyl adjacent to an activating group) is 1. The first kappa shape index (κ1) is 13.6. The smallest absolute Gasteiger partial charge is 0.0755 e. The average Bonchev–Trinajstić information content (AvgIpc) is 2.40. The van der Waals surface area contributed by atoms with Crippen LogP contribution in [0.15, 0.2) is 13.6 Å². The van der Waals surface area contributed by atoms with E-state index in [9.17, 15) is 0 Å². The van der Waals surface area contributed by atoms with Crippen LogP contribution in [0.4, 0.5) is 0 Å². The monoisotopic (exact) mass is 354 g/mol. The fourth-order valence-corrected chi connectivity index (χ4v) is 4.22. The molecule has 1 aromatic heterocycles. The van der Waals surface area contributed by atoms with Crippen LogP contribution in [0, 0.1) is 0 Å². The second kappa shape index (κ2) is 6.35. The summed E-state index contributed by atoms with van der Waals surface area (Å²) in [6, 6.07) is 2.66. The molecule has 15 heavy (non-hydrogen) atoms. The lowest BCUT2D eigenvalue weighted by molar-refractivity contribution is 0.349. The van der Waals surface area contributed by atoms with Gasteiger partial charge in [-0.2, -0.15) is 0 Å². The fraction of sp³-hybridized carbons (Fsp3) is 0.600. The number of halogens is 2. The zero-order valence-corrected chi connectivity index (χ0v) is 13.2. The highest BCUT2D eigenvalue weighted by Crippen LogP contribution is 2.31. The molecule has 0 spiro atoms. The van der Waals surface area contributed by atoms with E-state index in [-0.39, 0.29) is 0 Å². The van der Waals surface area contributed by atoms with Gasteiger partial charge in [-0.1, -0.05) is 0 Å². The van der Waals surface area contributed by atoms with E-state index in [1.807, 2.05) is 0 Å². The number of thiophene rings is 1. The Kier molecular flexibility index (Phi) is 5.77. The first-order valence-electron chi connectivity index (χ1n) is 4.81. The normalized spacial score (nSPS) is 13.5. The molecule has 1 atom stereocenters. The van der Waals surface area contributed by atoms with Crippen molar-refractivity contribution in [2.24, 2.45) is 0 Å². The molecule has 1 N–H and O–H groups in total. The predicted molar refractivity (Wildman–Crippen MR) is 74.6 cm³/mol. The van der Waals surface area contributed by atoms with Crippen LogP contribution >= 0.6 is 43.2 Å². The van der Waals surface area contributed by atoms with Crippen molar-refractivity contribution < 1.29 is 0 Å². The molecule has 86 valence electrons. The highest BCUT2D eigenvalue weighted by molar-refractivity contribution is 9.12. The molecule has 0 fully saturated rings. The van der Waals surface area contributed by atoms with Crippen molar-refractivity contribution in [3.63, 3.8) is 0 Å². The lowest BCUT2D eigenvalue weighted by Gasteiger charge is -2.18. The summed E-state index contributed by atoms with van der Waals surface area (Å²) in [7, 11) is 4.19. The molecule has 2 nitrogen and oxygen atoms in total. The third kappa shape index (κ3) is 4.95. The van der Waals surface area contributed by atoms with Gasteiger partial charge in [-0.05, 0) is 64.5 Å². The second-order valence-corrected chi connectivity index (χ2v) is 7.64. The largest absolute Gasteiger partial charge is 0.309 e. The topological polar surface area (TPSA) is 15.3 Å².